The molecule has 25 heavy (non-hydrogen) atoms. The van der Waals surface area contributed by atoms with Gasteiger partial charge in [0.2, 0.25) is 0 Å². The van der Waals surface area contributed by atoms with Crippen LogP contribution in [0.3, 0.4) is 0 Å². The summed E-state index contributed by atoms with van der Waals surface area (Å²) in [6.07, 6.45) is 1.39. The van der Waals surface area contributed by atoms with Gasteiger partial charge in [-0.25, -0.2) is 9.07 Å². The van der Waals surface area contributed by atoms with Crippen LogP contribution in [0.4, 0.5) is 15.9 Å². The van der Waals surface area contributed by atoms with Crippen LogP contribution in [0.1, 0.15) is 21.5 Å². The number of amides is 1. The lowest BCUT2D eigenvalue weighted by Crippen LogP contribution is -2.12. The van der Waals surface area contributed by atoms with Crippen LogP contribution in [-0.2, 0) is 0 Å². The lowest BCUT2D eigenvalue weighted by Gasteiger charge is -2.08. The van der Waals surface area contributed by atoms with Gasteiger partial charge in [0.25, 0.3) is 5.91 Å². The molecule has 0 unspecified atom stereocenters. The van der Waals surface area contributed by atoms with Crippen molar-refractivity contribution in [3.8, 4) is 11.8 Å². The van der Waals surface area contributed by atoms with Gasteiger partial charge in [0.15, 0.2) is 0 Å². The number of nitriles is 1. The van der Waals surface area contributed by atoms with E-state index in [-0.39, 0.29) is 17.5 Å². The molecule has 1 aromatic heterocycles. The molecule has 0 saturated carbocycles. The smallest absolute Gasteiger partial charge is 0.255 e. The van der Waals surface area contributed by atoms with Crippen LogP contribution in [0.5, 0.6) is 0 Å². The molecular formula is C18H14FN5O. The van der Waals surface area contributed by atoms with Crippen LogP contribution in [0, 0.1) is 24.1 Å². The van der Waals surface area contributed by atoms with Crippen molar-refractivity contribution in [1.82, 2.24) is 9.78 Å². The number of rotatable bonds is 3. The van der Waals surface area contributed by atoms with Crippen molar-refractivity contribution >= 4 is 17.4 Å². The fourth-order valence-electron chi connectivity index (χ4n) is 2.32. The van der Waals surface area contributed by atoms with Crippen LogP contribution < -0.4 is 11.1 Å². The van der Waals surface area contributed by atoms with Gasteiger partial charge < -0.3 is 11.1 Å². The van der Waals surface area contributed by atoms with Gasteiger partial charge in [0.05, 0.1) is 11.9 Å². The molecule has 1 amide bonds. The molecule has 0 saturated heterocycles. The second-order valence-electron chi connectivity index (χ2n) is 5.43. The summed E-state index contributed by atoms with van der Waals surface area (Å²) in [5.41, 5.74) is 8.15. The molecule has 7 heteroatoms. The Morgan fingerprint density at radius 1 is 1.28 bits per heavy atom. The number of nitrogens with zero attached hydrogens (tertiary/aromatic N) is 3. The Kier molecular flexibility index (Phi) is 4.18. The van der Waals surface area contributed by atoms with Gasteiger partial charge in [-0.15, -0.1) is 0 Å². The largest absolute Gasteiger partial charge is 0.382 e. The number of hydrogen-bond acceptors (Lipinski definition) is 4. The van der Waals surface area contributed by atoms with E-state index in [0.717, 1.165) is 0 Å². The third-order valence-corrected chi connectivity index (χ3v) is 3.72. The first-order valence-electron chi connectivity index (χ1n) is 7.41. The molecule has 3 rings (SSSR count). The van der Waals surface area contributed by atoms with Gasteiger partial charge in [-0.3, -0.25) is 4.79 Å². The summed E-state index contributed by atoms with van der Waals surface area (Å²) in [5.74, 6) is -0.434. The summed E-state index contributed by atoms with van der Waals surface area (Å²) in [6, 6.07) is 13.0. The SMILES string of the molecule is Cc1cc(C(=O)Nc2ccc(-n3ncc(C#N)c3N)cc2)ccc1F. The number of aromatic nitrogens is 2. The highest BCUT2D eigenvalue weighted by Gasteiger charge is 2.10. The standard InChI is InChI=1S/C18H14FN5O/c1-11-8-12(2-7-16(11)19)18(25)23-14-3-5-15(6-4-14)24-17(21)13(9-20)10-22-24/h2-8,10H,21H2,1H3,(H,23,25). The summed E-state index contributed by atoms with van der Waals surface area (Å²) in [4.78, 5) is 12.2. The zero-order chi connectivity index (χ0) is 18.0. The molecule has 0 radical (unpaired) electrons. The van der Waals surface area contributed by atoms with Gasteiger partial charge in [-0.05, 0) is 55.0 Å². The van der Waals surface area contributed by atoms with Crippen molar-refractivity contribution < 1.29 is 9.18 Å². The average Bonchev–Trinajstić information content (AvgIpc) is 2.98. The fourth-order valence-corrected chi connectivity index (χ4v) is 2.32. The molecule has 1 heterocycles. The maximum atomic E-state index is 13.3. The van der Waals surface area contributed by atoms with E-state index in [0.29, 0.717) is 28.1 Å². The molecule has 124 valence electrons. The maximum absolute atomic E-state index is 13.3. The van der Waals surface area contributed by atoms with E-state index >= 15 is 0 Å². The topological polar surface area (TPSA) is 96.7 Å². The molecule has 0 atom stereocenters. The van der Waals surface area contributed by atoms with Crippen LogP contribution in [0.25, 0.3) is 5.69 Å². The van der Waals surface area contributed by atoms with E-state index in [1.165, 1.54) is 29.1 Å². The molecule has 0 fully saturated rings. The first kappa shape index (κ1) is 16.2. The number of carbonyl (C=O) groups is 1. The molecule has 0 bridgehead atoms. The molecule has 6 nitrogen and oxygen atoms in total. The molecular weight excluding hydrogens is 321 g/mol. The van der Waals surface area contributed by atoms with Crippen molar-refractivity contribution in [2.75, 3.05) is 11.1 Å². The molecule has 0 aliphatic heterocycles. The molecule has 0 spiro atoms. The summed E-state index contributed by atoms with van der Waals surface area (Å²) in [6.45, 7) is 1.60. The Bertz CT molecular complexity index is 986. The minimum absolute atomic E-state index is 0.251. The number of nitrogens with two attached hydrogens (primary N) is 1. The van der Waals surface area contributed by atoms with Crippen molar-refractivity contribution in [1.29, 1.82) is 5.26 Å². The Morgan fingerprint density at radius 2 is 2.00 bits per heavy atom. The quantitative estimate of drug-likeness (QED) is 0.769. The zero-order valence-electron chi connectivity index (χ0n) is 13.3. The van der Waals surface area contributed by atoms with Crippen molar-refractivity contribution in [3.63, 3.8) is 0 Å². The van der Waals surface area contributed by atoms with E-state index in [9.17, 15) is 9.18 Å². The number of nitrogens with one attached hydrogen (secondary N) is 1. The van der Waals surface area contributed by atoms with Crippen LogP contribution in [-0.4, -0.2) is 15.7 Å². The average molecular weight is 335 g/mol. The summed E-state index contributed by atoms with van der Waals surface area (Å²) < 4.78 is 14.7. The molecule has 0 aliphatic rings. The van der Waals surface area contributed by atoms with E-state index in [1.807, 2.05) is 6.07 Å². The predicted molar refractivity (Wildman–Crippen MR) is 91.8 cm³/mol. The lowest BCUT2D eigenvalue weighted by atomic mass is 10.1. The Balaban J connectivity index is 1.78. The zero-order valence-corrected chi connectivity index (χ0v) is 13.3. The predicted octanol–water partition coefficient (Wildman–Crippen LogP) is 3.03. The molecule has 3 aromatic rings. The van der Waals surface area contributed by atoms with Gasteiger partial charge in [-0.2, -0.15) is 10.4 Å². The van der Waals surface area contributed by atoms with Crippen molar-refractivity contribution in [3.05, 3.63) is 71.2 Å². The van der Waals surface area contributed by atoms with Gasteiger partial charge in [-0.1, -0.05) is 0 Å². The van der Waals surface area contributed by atoms with Gasteiger partial charge in [0, 0.05) is 11.3 Å². The highest BCUT2D eigenvalue weighted by molar-refractivity contribution is 6.04. The third-order valence-electron chi connectivity index (χ3n) is 3.72. The highest BCUT2D eigenvalue weighted by Crippen LogP contribution is 2.19. The minimum atomic E-state index is -0.352. The molecule has 3 N–H and O–H groups in total. The minimum Gasteiger partial charge on any atom is -0.382 e. The molecule has 2 aromatic carbocycles. The van der Waals surface area contributed by atoms with E-state index < -0.39 is 0 Å². The number of halogens is 1. The Hall–Kier alpha value is -3.66. The first-order chi connectivity index (χ1) is 12.0. The van der Waals surface area contributed by atoms with E-state index in [4.69, 9.17) is 11.0 Å². The first-order valence-corrected chi connectivity index (χ1v) is 7.41. The maximum Gasteiger partial charge on any atom is 0.255 e. The Morgan fingerprint density at radius 3 is 2.60 bits per heavy atom. The highest BCUT2D eigenvalue weighted by atomic mass is 19.1. The van der Waals surface area contributed by atoms with E-state index in [2.05, 4.69) is 10.4 Å². The van der Waals surface area contributed by atoms with Crippen LogP contribution in [0.15, 0.2) is 48.7 Å². The lowest BCUT2D eigenvalue weighted by molar-refractivity contribution is 0.102. The van der Waals surface area contributed by atoms with E-state index in [1.54, 1.807) is 31.2 Å². The van der Waals surface area contributed by atoms with Gasteiger partial charge >= 0.3 is 0 Å². The Labute approximate surface area is 143 Å². The second kappa shape index (κ2) is 6.45. The number of carbonyl (C=O) groups excluding carboxylic acids is 1. The summed E-state index contributed by atoms with van der Waals surface area (Å²) >= 11 is 0. The van der Waals surface area contributed by atoms with Gasteiger partial charge in [0.1, 0.15) is 23.3 Å². The number of benzene rings is 2. The number of hydrogen-bond donors (Lipinski definition) is 2. The number of anilines is 2. The second-order valence-corrected chi connectivity index (χ2v) is 5.43. The summed E-state index contributed by atoms with van der Waals surface area (Å²) in [7, 11) is 0. The third kappa shape index (κ3) is 3.19. The fraction of sp³-hybridized carbons (Fsp3) is 0.0556. The number of aryl methyl sites for hydroxylation is 1. The van der Waals surface area contributed by atoms with Crippen molar-refractivity contribution in [2.24, 2.45) is 0 Å². The normalized spacial score (nSPS) is 10.3. The molecule has 0 aliphatic carbocycles. The summed E-state index contributed by atoms with van der Waals surface area (Å²) in [5, 5.41) is 15.7. The van der Waals surface area contributed by atoms with Crippen molar-refractivity contribution in [2.45, 2.75) is 6.92 Å². The van der Waals surface area contributed by atoms with Crippen LogP contribution >= 0.6 is 0 Å². The monoisotopic (exact) mass is 335 g/mol. The van der Waals surface area contributed by atoms with Crippen LogP contribution in [0.2, 0.25) is 0 Å². The number of nitrogen functional groups attached to an aromatic ring is 1.